The van der Waals surface area contributed by atoms with Crippen LogP contribution in [-0.2, 0) is 6.42 Å². The van der Waals surface area contributed by atoms with E-state index in [1.807, 2.05) is 6.92 Å². The van der Waals surface area contributed by atoms with E-state index in [2.05, 4.69) is 25.9 Å². The fourth-order valence-corrected chi connectivity index (χ4v) is 2.12. The average Bonchev–Trinajstić information content (AvgIpc) is 2.26. The Balaban J connectivity index is 2.55. The summed E-state index contributed by atoms with van der Waals surface area (Å²) in [4.78, 5) is 8.54. The van der Waals surface area contributed by atoms with Crippen molar-refractivity contribution in [3.63, 3.8) is 0 Å². The fourth-order valence-electron chi connectivity index (χ4n) is 1.47. The molecule has 17 heavy (non-hydrogen) atoms. The number of aromatic nitrogens is 2. The minimum Gasteiger partial charge on any atom is -0.233 e. The van der Waals surface area contributed by atoms with Crippen molar-refractivity contribution in [3.05, 3.63) is 45.5 Å². The van der Waals surface area contributed by atoms with Gasteiger partial charge < -0.3 is 0 Å². The van der Waals surface area contributed by atoms with Gasteiger partial charge in [-0.05, 0) is 40.2 Å². The lowest BCUT2D eigenvalue weighted by Crippen LogP contribution is -1.96. The second-order valence-electron chi connectivity index (χ2n) is 3.50. The van der Waals surface area contributed by atoms with E-state index in [0.29, 0.717) is 26.7 Å². The van der Waals surface area contributed by atoms with Gasteiger partial charge in [-0.15, -0.1) is 0 Å². The van der Waals surface area contributed by atoms with Gasteiger partial charge in [0.1, 0.15) is 16.2 Å². The van der Waals surface area contributed by atoms with Crippen LogP contribution in [0.15, 0.2) is 28.9 Å². The van der Waals surface area contributed by atoms with Gasteiger partial charge in [0.25, 0.3) is 0 Å². The van der Waals surface area contributed by atoms with Crippen LogP contribution in [0, 0.1) is 5.82 Å². The van der Waals surface area contributed by atoms with Crippen LogP contribution in [0.1, 0.15) is 12.7 Å². The van der Waals surface area contributed by atoms with Crippen LogP contribution in [0.3, 0.4) is 0 Å². The highest BCUT2D eigenvalue weighted by Gasteiger charge is 2.07. The first-order valence-corrected chi connectivity index (χ1v) is 6.25. The molecule has 0 aliphatic rings. The Bertz CT molecular complexity index is 540. The van der Waals surface area contributed by atoms with Crippen molar-refractivity contribution in [2.75, 3.05) is 0 Å². The third kappa shape index (κ3) is 3.01. The molecule has 1 heterocycles. The monoisotopic (exact) mass is 314 g/mol. The molecule has 0 fully saturated rings. The van der Waals surface area contributed by atoms with Crippen molar-refractivity contribution < 1.29 is 4.39 Å². The van der Waals surface area contributed by atoms with Gasteiger partial charge in [0.2, 0.25) is 0 Å². The highest BCUT2D eigenvalue weighted by Crippen LogP contribution is 2.24. The van der Waals surface area contributed by atoms with Crippen molar-refractivity contribution in [2.24, 2.45) is 0 Å². The summed E-state index contributed by atoms with van der Waals surface area (Å²) in [6.45, 7) is 1.96. The number of rotatable bonds is 2. The average molecular weight is 316 g/mol. The van der Waals surface area contributed by atoms with Crippen molar-refractivity contribution in [2.45, 2.75) is 13.3 Å². The molecule has 2 aromatic rings. The molecule has 0 aliphatic carbocycles. The largest absolute Gasteiger partial charge is 0.233 e. The minimum absolute atomic E-state index is 0.354. The molecule has 0 atom stereocenters. The van der Waals surface area contributed by atoms with E-state index in [9.17, 15) is 4.39 Å². The predicted octanol–water partition coefficient (Wildman–Crippen LogP) is 4.26. The van der Waals surface area contributed by atoms with Gasteiger partial charge in [0, 0.05) is 17.0 Å². The molecule has 0 bridgehead atoms. The molecular formula is C12H9BrClFN2. The quantitative estimate of drug-likeness (QED) is 0.774. The van der Waals surface area contributed by atoms with Gasteiger partial charge in [0.05, 0.1) is 5.69 Å². The van der Waals surface area contributed by atoms with E-state index in [-0.39, 0.29) is 5.82 Å². The Morgan fingerprint density at radius 3 is 2.65 bits per heavy atom. The third-order valence-corrected chi connectivity index (χ3v) is 2.84. The number of nitrogens with zero attached hydrogens (tertiary/aromatic N) is 2. The molecule has 0 saturated heterocycles. The smallest absolute Gasteiger partial charge is 0.130 e. The molecule has 2 rings (SSSR count). The standard InChI is InChI=1S/C12H9BrClFN2/c1-2-12-16-10(6-11(13)17-12)7-3-8(14)5-9(15)4-7/h3-6H,2H2,1H3. The number of halogens is 3. The first-order chi connectivity index (χ1) is 8.08. The molecule has 0 radical (unpaired) electrons. The van der Waals surface area contributed by atoms with Crippen LogP contribution in [0.2, 0.25) is 5.02 Å². The zero-order valence-electron chi connectivity index (χ0n) is 9.04. The highest BCUT2D eigenvalue weighted by atomic mass is 79.9. The van der Waals surface area contributed by atoms with E-state index < -0.39 is 0 Å². The molecule has 0 N–H and O–H groups in total. The Morgan fingerprint density at radius 1 is 1.24 bits per heavy atom. The highest BCUT2D eigenvalue weighted by molar-refractivity contribution is 9.10. The van der Waals surface area contributed by atoms with Gasteiger partial charge in [-0.2, -0.15) is 0 Å². The molecule has 0 saturated carbocycles. The minimum atomic E-state index is -0.375. The third-order valence-electron chi connectivity index (χ3n) is 2.22. The number of hydrogen-bond acceptors (Lipinski definition) is 2. The van der Waals surface area contributed by atoms with Crippen molar-refractivity contribution in [3.8, 4) is 11.3 Å². The lowest BCUT2D eigenvalue weighted by atomic mass is 10.1. The van der Waals surface area contributed by atoms with Gasteiger partial charge >= 0.3 is 0 Å². The first-order valence-electron chi connectivity index (χ1n) is 5.08. The SMILES string of the molecule is CCc1nc(Br)cc(-c2cc(F)cc(Cl)c2)n1. The summed E-state index contributed by atoms with van der Waals surface area (Å²) in [5.41, 5.74) is 1.30. The molecule has 0 aliphatic heterocycles. The second-order valence-corrected chi connectivity index (χ2v) is 4.75. The van der Waals surface area contributed by atoms with Crippen LogP contribution < -0.4 is 0 Å². The topological polar surface area (TPSA) is 25.8 Å². The molecule has 0 amide bonds. The molecule has 1 aromatic heterocycles. The second kappa shape index (κ2) is 5.10. The van der Waals surface area contributed by atoms with E-state index in [4.69, 9.17) is 11.6 Å². The van der Waals surface area contributed by atoms with Crippen molar-refractivity contribution >= 4 is 27.5 Å². The van der Waals surface area contributed by atoms with Crippen LogP contribution in [0.4, 0.5) is 4.39 Å². The van der Waals surface area contributed by atoms with E-state index >= 15 is 0 Å². The summed E-state index contributed by atoms with van der Waals surface area (Å²) in [6, 6.07) is 6.09. The number of hydrogen-bond donors (Lipinski definition) is 0. The molecule has 88 valence electrons. The Kier molecular flexibility index (Phi) is 3.74. The van der Waals surface area contributed by atoms with E-state index in [0.717, 1.165) is 6.42 Å². The fraction of sp³-hybridized carbons (Fsp3) is 0.167. The molecule has 0 unspecified atom stereocenters. The first kappa shape index (κ1) is 12.5. The summed E-state index contributed by atoms with van der Waals surface area (Å²) in [5.74, 6) is 0.329. The molecule has 5 heteroatoms. The van der Waals surface area contributed by atoms with Gasteiger partial charge in [-0.25, -0.2) is 14.4 Å². The number of aryl methyl sites for hydroxylation is 1. The Morgan fingerprint density at radius 2 is 2.00 bits per heavy atom. The predicted molar refractivity (Wildman–Crippen MR) is 69.5 cm³/mol. The summed E-state index contributed by atoms with van der Waals surface area (Å²) in [6.07, 6.45) is 0.718. The zero-order valence-corrected chi connectivity index (χ0v) is 11.4. The Labute approximate surface area is 112 Å². The van der Waals surface area contributed by atoms with Gasteiger partial charge in [-0.3, -0.25) is 0 Å². The summed E-state index contributed by atoms with van der Waals surface area (Å²) < 4.78 is 13.9. The van der Waals surface area contributed by atoms with Crippen molar-refractivity contribution in [1.82, 2.24) is 9.97 Å². The van der Waals surface area contributed by atoms with E-state index in [1.165, 1.54) is 12.1 Å². The van der Waals surface area contributed by atoms with E-state index in [1.54, 1.807) is 12.1 Å². The maximum atomic E-state index is 13.3. The Hall–Kier alpha value is -1.00. The molecular weight excluding hydrogens is 307 g/mol. The molecule has 2 nitrogen and oxygen atoms in total. The van der Waals surface area contributed by atoms with Crippen molar-refractivity contribution in [1.29, 1.82) is 0 Å². The normalized spacial score (nSPS) is 10.6. The van der Waals surface area contributed by atoms with Gasteiger partial charge in [0.15, 0.2) is 0 Å². The van der Waals surface area contributed by atoms with Crippen LogP contribution in [0.5, 0.6) is 0 Å². The summed E-state index contributed by atoms with van der Waals surface area (Å²) >= 11 is 9.13. The maximum absolute atomic E-state index is 13.3. The zero-order chi connectivity index (χ0) is 12.4. The van der Waals surface area contributed by atoms with Crippen LogP contribution >= 0.6 is 27.5 Å². The molecule has 0 spiro atoms. The maximum Gasteiger partial charge on any atom is 0.130 e. The van der Waals surface area contributed by atoms with Crippen LogP contribution in [-0.4, -0.2) is 9.97 Å². The lowest BCUT2D eigenvalue weighted by Gasteiger charge is -2.05. The summed E-state index contributed by atoms with van der Waals surface area (Å²) in [5, 5.41) is 0.354. The molecule has 1 aromatic carbocycles. The summed E-state index contributed by atoms with van der Waals surface area (Å²) in [7, 11) is 0. The number of benzene rings is 1. The van der Waals surface area contributed by atoms with Crippen LogP contribution in [0.25, 0.3) is 11.3 Å². The lowest BCUT2D eigenvalue weighted by molar-refractivity contribution is 0.628. The van der Waals surface area contributed by atoms with Gasteiger partial charge in [-0.1, -0.05) is 18.5 Å².